The molecule has 0 saturated carbocycles. The van der Waals surface area contributed by atoms with Crippen molar-refractivity contribution in [3.8, 4) is 5.69 Å². The summed E-state index contributed by atoms with van der Waals surface area (Å²) in [5.41, 5.74) is 3.62. The zero-order valence-corrected chi connectivity index (χ0v) is 10.2. The molecule has 1 heterocycles. The summed E-state index contributed by atoms with van der Waals surface area (Å²) < 4.78 is 1.86. The first-order valence-corrected chi connectivity index (χ1v) is 5.71. The van der Waals surface area contributed by atoms with Crippen LogP contribution in [0.25, 0.3) is 11.8 Å². The summed E-state index contributed by atoms with van der Waals surface area (Å²) in [6.07, 6.45) is 5.91. The lowest BCUT2D eigenvalue weighted by Gasteiger charge is -2.03. The Balaban J connectivity index is 2.16. The molecule has 0 amide bonds. The quantitative estimate of drug-likeness (QED) is 0.869. The number of hydrogen-bond donors (Lipinski definition) is 1. The van der Waals surface area contributed by atoms with Crippen LogP contribution in [-0.2, 0) is 0 Å². The lowest BCUT2D eigenvalue weighted by Crippen LogP contribution is -2.08. The van der Waals surface area contributed by atoms with Gasteiger partial charge in [-0.1, -0.05) is 23.8 Å². The maximum atomic E-state index is 4.20. The number of benzene rings is 1. The van der Waals surface area contributed by atoms with Crippen LogP contribution >= 0.6 is 0 Å². The average Bonchev–Trinajstić information content (AvgIpc) is 2.84. The minimum atomic E-state index is 0.918. The summed E-state index contributed by atoms with van der Waals surface area (Å²) in [4.78, 5) is 0. The largest absolute Gasteiger partial charge is 0.316 e. The zero-order valence-electron chi connectivity index (χ0n) is 10.2. The van der Waals surface area contributed by atoms with Gasteiger partial charge in [0.15, 0.2) is 0 Å². The standard InChI is InChI=1S/C14H17N3/c1-12(11-15-2)10-13-4-6-14(7-5-13)17-9-3-8-16-17/h3-10,15H,11H2,1-2H3. The van der Waals surface area contributed by atoms with E-state index in [0.717, 1.165) is 12.2 Å². The molecule has 0 spiro atoms. The van der Waals surface area contributed by atoms with E-state index in [-0.39, 0.29) is 0 Å². The lowest BCUT2D eigenvalue weighted by atomic mass is 10.1. The van der Waals surface area contributed by atoms with Crippen LogP contribution in [-0.4, -0.2) is 23.4 Å². The van der Waals surface area contributed by atoms with Crippen molar-refractivity contribution in [1.29, 1.82) is 0 Å². The lowest BCUT2D eigenvalue weighted by molar-refractivity contribution is 0.880. The van der Waals surface area contributed by atoms with Crippen LogP contribution in [0.3, 0.4) is 0 Å². The van der Waals surface area contributed by atoms with Gasteiger partial charge in [-0.2, -0.15) is 5.10 Å². The third-order valence-electron chi connectivity index (χ3n) is 2.53. The van der Waals surface area contributed by atoms with Crippen LogP contribution in [0.5, 0.6) is 0 Å². The van der Waals surface area contributed by atoms with Gasteiger partial charge in [-0.15, -0.1) is 0 Å². The van der Waals surface area contributed by atoms with Crippen LogP contribution < -0.4 is 5.32 Å². The Hall–Kier alpha value is -1.87. The molecule has 0 radical (unpaired) electrons. The van der Waals surface area contributed by atoms with Crippen molar-refractivity contribution in [2.45, 2.75) is 6.92 Å². The predicted octanol–water partition coefficient (Wildman–Crippen LogP) is 2.50. The molecule has 0 unspecified atom stereocenters. The SMILES string of the molecule is CNCC(C)=Cc1ccc(-n2cccn2)cc1. The molecule has 0 bridgehead atoms. The van der Waals surface area contributed by atoms with E-state index in [2.05, 4.69) is 47.7 Å². The molecular weight excluding hydrogens is 210 g/mol. The van der Waals surface area contributed by atoms with Crippen molar-refractivity contribution < 1.29 is 0 Å². The van der Waals surface area contributed by atoms with Crippen LogP contribution in [0.4, 0.5) is 0 Å². The summed E-state index contributed by atoms with van der Waals surface area (Å²) in [5.74, 6) is 0. The second kappa shape index (κ2) is 5.46. The predicted molar refractivity (Wildman–Crippen MR) is 71.1 cm³/mol. The molecule has 2 aromatic rings. The number of rotatable bonds is 4. The van der Waals surface area contributed by atoms with Crippen molar-refractivity contribution >= 4 is 6.08 Å². The molecule has 2 rings (SSSR count). The molecule has 0 aliphatic carbocycles. The van der Waals surface area contributed by atoms with E-state index in [9.17, 15) is 0 Å². The average molecular weight is 227 g/mol. The highest BCUT2D eigenvalue weighted by atomic mass is 15.3. The van der Waals surface area contributed by atoms with Gasteiger partial charge in [-0.3, -0.25) is 0 Å². The third kappa shape index (κ3) is 3.04. The highest BCUT2D eigenvalue weighted by molar-refractivity contribution is 5.54. The molecule has 1 N–H and O–H groups in total. The van der Waals surface area contributed by atoms with Crippen molar-refractivity contribution in [1.82, 2.24) is 15.1 Å². The monoisotopic (exact) mass is 227 g/mol. The highest BCUT2D eigenvalue weighted by Crippen LogP contribution is 2.11. The summed E-state index contributed by atoms with van der Waals surface area (Å²) in [5, 5.41) is 7.34. The van der Waals surface area contributed by atoms with Gasteiger partial charge in [0.1, 0.15) is 0 Å². The number of aromatic nitrogens is 2. The minimum absolute atomic E-state index is 0.918. The van der Waals surface area contributed by atoms with Gasteiger partial charge in [0.25, 0.3) is 0 Å². The molecule has 3 nitrogen and oxygen atoms in total. The van der Waals surface area contributed by atoms with Gasteiger partial charge in [-0.25, -0.2) is 4.68 Å². The summed E-state index contributed by atoms with van der Waals surface area (Å²) in [6, 6.07) is 10.3. The number of nitrogens with one attached hydrogen (secondary N) is 1. The van der Waals surface area contributed by atoms with Gasteiger partial charge in [0.2, 0.25) is 0 Å². The van der Waals surface area contributed by atoms with Crippen molar-refractivity contribution in [3.05, 3.63) is 53.9 Å². The van der Waals surface area contributed by atoms with Gasteiger partial charge in [-0.05, 0) is 37.7 Å². The normalized spacial score (nSPS) is 11.8. The van der Waals surface area contributed by atoms with Gasteiger partial charge < -0.3 is 5.32 Å². The fourth-order valence-corrected chi connectivity index (χ4v) is 1.76. The summed E-state index contributed by atoms with van der Waals surface area (Å²) in [7, 11) is 1.96. The first-order chi connectivity index (χ1) is 8.29. The molecule has 0 aliphatic rings. The van der Waals surface area contributed by atoms with Crippen LogP contribution in [0.2, 0.25) is 0 Å². The highest BCUT2D eigenvalue weighted by Gasteiger charge is 1.95. The zero-order chi connectivity index (χ0) is 12.1. The van der Waals surface area contributed by atoms with E-state index >= 15 is 0 Å². The van der Waals surface area contributed by atoms with Gasteiger partial charge in [0, 0.05) is 18.9 Å². The van der Waals surface area contributed by atoms with Crippen molar-refractivity contribution in [3.63, 3.8) is 0 Å². The Bertz CT molecular complexity index is 481. The Morgan fingerprint density at radius 1 is 1.35 bits per heavy atom. The maximum Gasteiger partial charge on any atom is 0.0645 e. The van der Waals surface area contributed by atoms with Crippen molar-refractivity contribution in [2.75, 3.05) is 13.6 Å². The summed E-state index contributed by atoms with van der Waals surface area (Å²) >= 11 is 0. The second-order valence-electron chi connectivity index (χ2n) is 4.06. The smallest absolute Gasteiger partial charge is 0.0645 e. The molecule has 0 saturated heterocycles. The molecule has 1 aromatic carbocycles. The third-order valence-corrected chi connectivity index (χ3v) is 2.53. The van der Waals surface area contributed by atoms with Crippen LogP contribution in [0.15, 0.2) is 48.3 Å². The molecule has 1 aromatic heterocycles. The van der Waals surface area contributed by atoms with Gasteiger partial charge >= 0.3 is 0 Å². The van der Waals surface area contributed by atoms with E-state index in [1.807, 2.05) is 24.0 Å². The van der Waals surface area contributed by atoms with Gasteiger partial charge in [0.05, 0.1) is 5.69 Å². The number of nitrogens with zero attached hydrogens (tertiary/aromatic N) is 2. The Morgan fingerprint density at radius 2 is 2.12 bits per heavy atom. The van der Waals surface area contributed by atoms with Crippen LogP contribution in [0, 0.1) is 0 Å². The topological polar surface area (TPSA) is 29.9 Å². The Kier molecular flexibility index (Phi) is 3.73. The molecule has 88 valence electrons. The second-order valence-corrected chi connectivity index (χ2v) is 4.06. The van der Waals surface area contributed by atoms with Crippen molar-refractivity contribution in [2.24, 2.45) is 0 Å². The molecule has 0 atom stereocenters. The maximum absolute atomic E-state index is 4.20. The van der Waals surface area contributed by atoms with E-state index in [0.29, 0.717) is 0 Å². The number of hydrogen-bond acceptors (Lipinski definition) is 2. The van der Waals surface area contributed by atoms with E-state index in [4.69, 9.17) is 0 Å². The summed E-state index contributed by atoms with van der Waals surface area (Å²) in [6.45, 7) is 3.04. The first kappa shape index (κ1) is 11.6. The fourth-order valence-electron chi connectivity index (χ4n) is 1.76. The number of likely N-dealkylation sites (N-methyl/N-ethyl adjacent to an activating group) is 1. The molecule has 17 heavy (non-hydrogen) atoms. The fraction of sp³-hybridized carbons (Fsp3) is 0.214. The Labute approximate surface area is 102 Å². The minimum Gasteiger partial charge on any atom is -0.316 e. The molecule has 0 aliphatic heterocycles. The Morgan fingerprint density at radius 3 is 2.71 bits per heavy atom. The van der Waals surface area contributed by atoms with E-state index in [1.165, 1.54) is 11.1 Å². The molecule has 0 fully saturated rings. The van der Waals surface area contributed by atoms with Crippen LogP contribution in [0.1, 0.15) is 12.5 Å². The molecular formula is C14H17N3. The molecule has 3 heteroatoms. The van der Waals surface area contributed by atoms with E-state index < -0.39 is 0 Å². The first-order valence-electron chi connectivity index (χ1n) is 5.71. The van der Waals surface area contributed by atoms with E-state index in [1.54, 1.807) is 6.20 Å².